The average molecular weight is 642 g/mol. The predicted octanol–water partition coefficient (Wildman–Crippen LogP) is 6.02. The van der Waals surface area contributed by atoms with Crippen LogP contribution in [0.15, 0.2) is 30.7 Å². The monoisotopic (exact) mass is 641 g/mol. The molecule has 45 heavy (non-hydrogen) atoms. The first-order valence-electron chi connectivity index (χ1n) is 15.1. The zero-order valence-corrected chi connectivity index (χ0v) is 25.3. The van der Waals surface area contributed by atoms with Gasteiger partial charge in [0.15, 0.2) is 5.65 Å². The van der Waals surface area contributed by atoms with Gasteiger partial charge in [-0.25, -0.2) is 35.8 Å². The van der Waals surface area contributed by atoms with Crippen LogP contribution in [0.1, 0.15) is 106 Å². The highest BCUT2D eigenvalue weighted by Gasteiger charge is 2.50. The Bertz CT molecular complexity index is 1530. The Morgan fingerprint density at radius 3 is 2.29 bits per heavy atom. The molecule has 0 radical (unpaired) electrons. The van der Waals surface area contributed by atoms with Gasteiger partial charge in [0.1, 0.15) is 5.69 Å². The van der Waals surface area contributed by atoms with Crippen molar-refractivity contribution >= 4 is 17.5 Å². The summed E-state index contributed by atoms with van der Waals surface area (Å²) < 4.78 is 86.6. The van der Waals surface area contributed by atoms with Crippen molar-refractivity contribution in [2.75, 3.05) is 6.54 Å². The summed E-state index contributed by atoms with van der Waals surface area (Å²) in [5.41, 5.74) is -0.487. The lowest BCUT2D eigenvalue weighted by atomic mass is 9.70. The third-order valence-electron chi connectivity index (χ3n) is 8.93. The van der Waals surface area contributed by atoms with Gasteiger partial charge in [0, 0.05) is 51.0 Å². The van der Waals surface area contributed by atoms with Gasteiger partial charge in [0.2, 0.25) is 17.8 Å². The Morgan fingerprint density at radius 2 is 1.67 bits per heavy atom. The molecule has 0 bridgehead atoms. The lowest BCUT2D eigenvalue weighted by molar-refractivity contribution is -0.134. The average Bonchev–Trinajstić information content (AvgIpc) is 3.62. The van der Waals surface area contributed by atoms with E-state index in [1.807, 2.05) is 13.8 Å². The molecule has 2 aliphatic carbocycles. The second kappa shape index (κ2) is 11.9. The molecule has 1 unspecified atom stereocenters. The SMILES string of the molecule is CC(C)n1nccc1C(=O)NC(c1cc2nc(C3(C(=O)NCC(C)(F)F)CCC(F)(F)CC3)cnn2c1)C1CCC(F)(F)CC1. The van der Waals surface area contributed by atoms with Crippen molar-refractivity contribution in [1.82, 2.24) is 35.0 Å². The Balaban J connectivity index is 1.49. The zero-order valence-electron chi connectivity index (χ0n) is 25.3. The van der Waals surface area contributed by atoms with E-state index in [0.29, 0.717) is 18.2 Å². The molecular weight excluding hydrogens is 604 g/mol. The first-order valence-corrected chi connectivity index (χ1v) is 15.1. The van der Waals surface area contributed by atoms with E-state index in [0.717, 1.165) is 0 Å². The van der Waals surface area contributed by atoms with Crippen molar-refractivity contribution in [2.45, 2.75) is 107 Å². The number of aromatic nitrogens is 5. The van der Waals surface area contributed by atoms with Gasteiger partial charge in [-0.1, -0.05) is 0 Å². The summed E-state index contributed by atoms with van der Waals surface area (Å²) in [6.07, 6.45) is 2.10. The van der Waals surface area contributed by atoms with Gasteiger partial charge in [0.05, 0.1) is 29.9 Å². The molecule has 15 heteroatoms. The van der Waals surface area contributed by atoms with Crippen molar-refractivity contribution in [3.63, 3.8) is 0 Å². The van der Waals surface area contributed by atoms with Crippen molar-refractivity contribution in [3.8, 4) is 0 Å². The van der Waals surface area contributed by atoms with E-state index in [2.05, 4.69) is 25.8 Å². The van der Waals surface area contributed by atoms with Crippen LogP contribution >= 0.6 is 0 Å². The molecular formula is C30H37F6N7O2. The molecule has 3 aromatic rings. The molecule has 2 saturated carbocycles. The summed E-state index contributed by atoms with van der Waals surface area (Å²) in [6.45, 7) is 3.41. The zero-order chi connectivity index (χ0) is 32.8. The molecule has 9 nitrogen and oxygen atoms in total. The minimum absolute atomic E-state index is 0.0609. The predicted molar refractivity (Wildman–Crippen MR) is 151 cm³/mol. The van der Waals surface area contributed by atoms with Crippen LogP contribution in [0.5, 0.6) is 0 Å². The van der Waals surface area contributed by atoms with Crippen LogP contribution in [0.4, 0.5) is 26.3 Å². The summed E-state index contributed by atoms with van der Waals surface area (Å²) in [6, 6.07) is 2.37. The highest BCUT2D eigenvalue weighted by molar-refractivity contribution is 5.93. The van der Waals surface area contributed by atoms with Crippen LogP contribution in [0.3, 0.4) is 0 Å². The molecule has 2 N–H and O–H groups in total. The molecule has 1 atom stereocenters. The molecule has 0 aromatic carbocycles. The fraction of sp³-hybridized carbons (Fsp3) is 0.633. The number of carbonyl (C=O) groups excluding carboxylic acids is 2. The van der Waals surface area contributed by atoms with Gasteiger partial charge < -0.3 is 10.6 Å². The maximum atomic E-state index is 14.2. The van der Waals surface area contributed by atoms with Crippen LogP contribution in [-0.2, 0) is 10.2 Å². The van der Waals surface area contributed by atoms with Gasteiger partial charge >= 0.3 is 0 Å². The normalized spacial score (nSPS) is 20.7. The summed E-state index contributed by atoms with van der Waals surface area (Å²) in [5, 5.41) is 13.8. The number of hydrogen-bond donors (Lipinski definition) is 2. The topological polar surface area (TPSA) is 106 Å². The van der Waals surface area contributed by atoms with Gasteiger partial charge in [-0.05, 0) is 63.1 Å². The van der Waals surface area contributed by atoms with E-state index in [4.69, 9.17) is 0 Å². The number of hydrogen-bond acceptors (Lipinski definition) is 5. The summed E-state index contributed by atoms with van der Waals surface area (Å²) in [5.74, 6) is -10.6. The minimum atomic E-state index is -3.21. The number of nitrogens with one attached hydrogen (secondary N) is 2. The van der Waals surface area contributed by atoms with E-state index in [9.17, 15) is 35.9 Å². The second-order valence-electron chi connectivity index (χ2n) is 12.8. The lowest BCUT2D eigenvalue weighted by Crippen LogP contribution is -2.51. The largest absolute Gasteiger partial charge is 0.349 e. The third-order valence-corrected chi connectivity index (χ3v) is 8.93. The van der Waals surface area contributed by atoms with E-state index in [1.165, 1.54) is 16.9 Å². The van der Waals surface area contributed by atoms with E-state index in [-0.39, 0.29) is 61.8 Å². The summed E-state index contributed by atoms with van der Waals surface area (Å²) in [7, 11) is 0. The Morgan fingerprint density at radius 1 is 1.02 bits per heavy atom. The van der Waals surface area contributed by atoms with E-state index < -0.39 is 60.4 Å². The van der Waals surface area contributed by atoms with Crippen molar-refractivity contribution in [3.05, 3.63) is 47.7 Å². The van der Waals surface area contributed by atoms with Crippen LogP contribution in [0.25, 0.3) is 5.65 Å². The molecule has 3 heterocycles. The van der Waals surface area contributed by atoms with Crippen LogP contribution in [-0.4, -0.2) is 60.5 Å². The Kier molecular flexibility index (Phi) is 8.68. The van der Waals surface area contributed by atoms with E-state index in [1.54, 1.807) is 23.0 Å². The Hall–Kier alpha value is -3.65. The summed E-state index contributed by atoms with van der Waals surface area (Å²) >= 11 is 0. The second-order valence-corrected chi connectivity index (χ2v) is 12.8. The van der Waals surface area contributed by atoms with Crippen molar-refractivity contribution in [2.24, 2.45) is 5.92 Å². The third kappa shape index (κ3) is 7.11. The number of nitrogens with zero attached hydrogens (tertiary/aromatic N) is 5. The molecule has 0 aliphatic heterocycles. The molecule has 0 spiro atoms. The fourth-order valence-corrected chi connectivity index (χ4v) is 6.34. The maximum Gasteiger partial charge on any atom is 0.270 e. The quantitative estimate of drug-likeness (QED) is 0.278. The van der Waals surface area contributed by atoms with Gasteiger partial charge in [0.25, 0.3) is 11.8 Å². The number of carbonyl (C=O) groups is 2. The molecule has 5 rings (SSSR count). The highest BCUT2D eigenvalue weighted by Crippen LogP contribution is 2.46. The van der Waals surface area contributed by atoms with Gasteiger partial charge in [-0.3, -0.25) is 14.3 Å². The Labute approximate surface area is 256 Å². The number of alkyl halides is 6. The van der Waals surface area contributed by atoms with Crippen LogP contribution in [0, 0.1) is 5.92 Å². The molecule has 246 valence electrons. The van der Waals surface area contributed by atoms with Crippen LogP contribution in [0.2, 0.25) is 0 Å². The van der Waals surface area contributed by atoms with Crippen molar-refractivity contribution in [1.29, 1.82) is 0 Å². The molecule has 2 amide bonds. The first kappa shape index (κ1) is 32.7. The fourth-order valence-electron chi connectivity index (χ4n) is 6.34. The summed E-state index contributed by atoms with van der Waals surface area (Å²) in [4.78, 5) is 31.3. The van der Waals surface area contributed by atoms with Gasteiger partial charge in [-0.15, -0.1) is 0 Å². The van der Waals surface area contributed by atoms with Crippen molar-refractivity contribution < 1.29 is 35.9 Å². The molecule has 2 aliphatic rings. The smallest absolute Gasteiger partial charge is 0.270 e. The number of halogens is 6. The van der Waals surface area contributed by atoms with Crippen LogP contribution < -0.4 is 10.6 Å². The molecule has 3 aromatic heterocycles. The lowest BCUT2D eigenvalue weighted by Gasteiger charge is -2.38. The number of rotatable bonds is 9. The minimum Gasteiger partial charge on any atom is -0.349 e. The number of fused-ring (bicyclic) bond motifs is 1. The number of amides is 2. The molecule has 2 fully saturated rings. The highest BCUT2D eigenvalue weighted by atomic mass is 19.3. The molecule has 0 saturated heterocycles. The first-order chi connectivity index (χ1) is 21.0. The van der Waals surface area contributed by atoms with E-state index >= 15 is 0 Å². The van der Waals surface area contributed by atoms with Gasteiger partial charge in [-0.2, -0.15) is 10.2 Å². The standard InChI is InChI=1S/C30H37F6N7O2/c1-18(2)43-21(6-13-38-43)25(44)41-24(19-4-7-29(33,34)8-5-19)20-14-23-40-22(15-39-42(23)16-20)28(9-11-30(35,36)12-10-28)26(45)37-17-27(3,31)32/h6,13-16,18-19,24H,4-5,7-12,17H2,1-3H3,(H,37,45)(H,41,44). The maximum absolute atomic E-state index is 14.2.